The molecule has 1 heterocycles. The van der Waals surface area contributed by atoms with Crippen LogP contribution >= 0.6 is 0 Å². The average Bonchev–Trinajstić information content (AvgIpc) is 2.89. The number of hydrogen-bond donors (Lipinski definition) is 1. The Balaban J connectivity index is 1.62. The van der Waals surface area contributed by atoms with E-state index >= 15 is 0 Å². The van der Waals surface area contributed by atoms with Crippen LogP contribution in [-0.2, 0) is 27.4 Å². The summed E-state index contributed by atoms with van der Waals surface area (Å²) in [7, 11) is 1.59. The molecule has 5 rings (SSSR count). The van der Waals surface area contributed by atoms with Gasteiger partial charge in [-0.1, -0.05) is 78.9 Å². The predicted octanol–water partition coefficient (Wildman–Crippen LogP) is 4.59. The van der Waals surface area contributed by atoms with Crippen molar-refractivity contribution in [3.63, 3.8) is 0 Å². The van der Waals surface area contributed by atoms with Crippen LogP contribution in [0.4, 0.5) is 0 Å². The van der Waals surface area contributed by atoms with Gasteiger partial charge in [-0.3, -0.25) is 9.69 Å². The van der Waals surface area contributed by atoms with Crippen molar-refractivity contribution >= 4 is 11.5 Å². The molecule has 4 nitrogen and oxygen atoms in total. The summed E-state index contributed by atoms with van der Waals surface area (Å²) < 4.78 is 11.8. The van der Waals surface area contributed by atoms with Crippen LogP contribution in [0.2, 0.25) is 0 Å². The molecule has 0 saturated carbocycles. The van der Waals surface area contributed by atoms with Gasteiger partial charge < -0.3 is 9.47 Å². The van der Waals surface area contributed by atoms with Crippen LogP contribution in [0, 0.1) is 0 Å². The van der Waals surface area contributed by atoms with Gasteiger partial charge in [0.2, 0.25) is 0 Å². The second-order valence-corrected chi connectivity index (χ2v) is 8.25. The Morgan fingerprint density at radius 1 is 0.706 bits per heavy atom. The number of ether oxygens (including phenoxy) is 2. The lowest BCUT2D eigenvalue weighted by molar-refractivity contribution is -0.796. The van der Waals surface area contributed by atoms with Gasteiger partial charge in [-0.05, 0) is 17.7 Å². The monoisotopic (exact) mass is 448 g/mol. The van der Waals surface area contributed by atoms with Gasteiger partial charge in [0, 0.05) is 29.4 Å². The van der Waals surface area contributed by atoms with Crippen LogP contribution in [0.15, 0.2) is 132 Å². The Morgan fingerprint density at radius 3 is 1.97 bits per heavy atom. The average molecular weight is 449 g/mol. The first-order chi connectivity index (χ1) is 16.7. The topological polar surface area (TPSA) is 40.0 Å². The molecule has 1 aliphatic heterocycles. The van der Waals surface area contributed by atoms with Gasteiger partial charge in [0.1, 0.15) is 35.9 Å². The molecular weight excluding hydrogens is 422 g/mol. The highest BCUT2D eigenvalue weighted by Crippen LogP contribution is 2.29. The van der Waals surface area contributed by atoms with E-state index in [1.54, 1.807) is 7.11 Å². The Hall–Kier alpha value is -4.15. The molecule has 1 aliphatic carbocycles. The van der Waals surface area contributed by atoms with Gasteiger partial charge in [0.15, 0.2) is 11.5 Å². The van der Waals surface area contributed by atoms with Crippen LogP contribution in [0.25, 0.3) is 5.70 Å². The molecule has 1 unspecified atom stereocenters. The minimum absolute atomic E-state index is 0.105. The van der Waals surface area contributed by atoms with E-state index in [0.717, 1.165) is 27.4 Å². The number of methoxy groups -OCH3 is 1. The van der Waals surface area contributed by atoms with Crippen LogP contribution in [0.5, 0.6) is 0 Å². The summed E-state index contributed by atoms with van der Waals surface area (Å²) in [5, 5.41) is 0. The zero-order valence-electron chi connectivity index (χ0n) is 19.0. The van der Waals surface area contributed by atoms with Crippen molar-refractivity contribution in [2.45, 2.75) is 13.2 Å². The Labute approximate surface area is 199 Å². The summed E-state index contributed by atoms with van der Waals surface area (Å²) >= 11 is 0. The maximum atomic E-state index is 13.3. The third kappa shape index (κ3) is 4.49. The fraction of sp³-hybridized carbons (Fsp3) is 0.100. The number of allylic oxidation sites excluding steroid dienone is 4. The Morgan fingerprint density at radius 2 is 1.32 bits per heavy atom. The number of quaternary nitrogens is 1. The molecule has 1 atom stereocenters. The van der Waals surface area contributed by atoms with E-state index in [2.05, 4.69) is 24.3 Å². The van der Waals surface area contributed by atoms with Crippen LogP contribution in [-0.4, -0.2) is 12.9 Å². The Bertz CT molecular complexity index is 1300. The second-order valence-electron chi connectivity index (χ2n) is 8.25. The standard InChI is InChI=1S/C30H25NO3/c1-33-25-17-27-30(28(32)18-25)29(34-21-23-13-7-3-8-14-23)19-26(24-15-9-4-10-16-24)31(27)20-22-11-5-2-6-12-22/h2-19H,20-21H2,1H3/p+1. The van der Waals surface area contributed by atoms with Crippen molar-refractivity contribution in [1.29, 1.82) is 0 Å². The molecular formula is C30H26NO3+. The highest BCUT2D eigenvalue weighted by Gasteiger charge is 2.38. The number of ketones is 1. The zero-order chi connectivity index (χ0) is 23.3. The maximum Gasteiger partial charge on any atom is 0.199 e. The molecule has 0 aromatic heterocycles. The molecule has 168 valence electrons. The number of carbonyl (C=O) groups is 1. The number of nitrogens with one attached hydrogen (secondary N) is 1. The molecule has 34 heavy (non-hydrogen) atoms. The summed E-state index contributed by atoms with van der Waals surface area (Å²) in [5.41, 5.74) is 5.79. The number of carbonyl (C=O) groups excluding carboxylic acids is 1. The van der Waals surface area contributed by atoms with Gasteiger partial charge in [-0.25, -0.2) is 0 Å². The van der Waals surface area contributed by atoms with Crippen molar-refractivity contribution in [1.82, 2.24) is 0 Å². The molecule has 0 fully saturated rings. The minimum atomic E-state index is -0.105. The first kappa shape index (κ1) is 21.7. The molecule has 1 N–H and O–H groups in total. The highest BCUT2D eigenvalue weighted by molar-refractivity contribution is 6.09. The van der Waals surface area contributed by atoms with Crippen LogP contribution < -0.4 is 4.90 Å². The predicted molar refractivity (Wildman–Crippen MR) is 132 cm³/mol. The molecule has 0 radical (unpaired) electrons. The summed E-state index contributed by atoms with van der Waals surface area (Å²) in [6.07, 6.45) is 5.51. The van der Waals surface area contributed by atoms with Gasteiger partial charge in [-0.2, -0.15) is 0 Å². The summed E-state index contributed by atoms with van der Waals surface area (Å²) in [6, 6.07) is 30.5. The van der Waals surface area contributed by atoms with E-state index in [9.17, 15) is 4.79 Å². The summed E-state index contributed by atoms with van der Waals surface area (Å²) in [4.78, 5) is 14.4. The number of rotatable bonds is 7. The SMILES string of the molecule is COC1=CC(=O)C2=C(OCc3ccccc3)C=C(c3ccccc3)[NH+](Cc3ccccc3)C2=C1. The van der Waals surface area contributed by atoms with Crippen molar-refractivity contribution < 1.29 is 19.2 Å². The zero-order valence-corrected chi connectivity index (χ0v) is 19.0. The highest BCUT2D eigenvalue weighted by atomic mass is 16.5. The number of hydrogen-bond acceptors (Lipinski definition) is 3. The number of fused-ring (bicyclic) bond motifs is 1. The smallest absolute Gasteiger partial charge is 0.199 e. The molecule has 0 amide bonds. The maximum absolute atomic E-state index is 13.3. The summed E-state index contributed by atoms with van der Waals surface area (Å²) in [5.74, 6) is 1.03. The molecule has 0 bridgehead atoms. The quantitative estimate of drug-likeness (QED) is 0.575. The lowest BCUT2D eigenvalue weighted by atomic mass is 9.92. The lowest BCUT2D eigenvalue weighted by Gasteiger charge is -2.31. The molecule has 2 aliphatic rings. The normalized spacial score (nSPS) is 17.4. The molecule has 3 aromatic carbocycles. The van der Waals surface area contributed by atoms with E-state index in [-0.39, 0.29) is 5.78 Å². The third-order valence-corrected chi connectivity index (χ3v) is 6.03. The van der Waals surface area contributed by atoms with Crippen LogP contribution in [0.3, 0.4) is 0 Å². The van der Waals surface area contributed by atoms with Crippen molar-refractivity contribution in [2.24, 2.45) is 0 Å². The number of benzene rings is 3. The van der Waals surface area contributed by atoms with Gasteiger partial charge >= 0.3 is 0 Å². The van der Waals surface area contributed by atoms with Gasteiger partial charge in [0.05, 0.1) is 7.11 Å². The van der Waals surface area contributed by atoms with Gasteiger partial charge in [-0.15, -0.1) is 0 Å². The van der Waals surface area contributed by atoms with E-state index in [0.29, 0.717) is 30.2 Å². The summed E-state index contributed by atoms with van der Waals surface area (Å²) in [6.45, 7) is 1.07. The van der Waals surface area contributed by atoms with Crippen molar-refractivity contribution in [3.05, 3.63) is 149 Å². The fourth-order valence-electron chi connectivity index (χ4n) is 4.35. The van der Waals surface area contributed by atoms with E-state index in [1.807, 2.05) is 78.9 Å². The van der Waals surface area contributed by atoms with E-state index in [1.165, 1.54) is 11.6 Å². The largest absolute Gasteiger partial charge is 0.496 e. The fourth-order valence-corrected chi connectivity index (χ4v) is 4.35. The molecule has 0 spiro atoms. The van der Waals surface area contributed by atoms with Crippen molar-refractivity contribution in [3.8, 4) is 0 Å². The van der Waals surface area contributed by atoms with E-state index < -0.39 is 0 Å². The first-order valence-corrected chi connectivity index (χ1v) is 11.3. The van der Waals surface area contributed by atoms with Crippen LogP contribution in [0.1, 0.15) is 16.7 Å². The third-order valence-electron chi connectivity index (χ3n) is 6.03. The van der Waals surface area contributed by atoms with Crippen molar-refractivity contribution in [2.75, 3.05) is 7.11 Å². The first-order valence-electron chi connectivity index (χ1n) is 11.3. The molecule has 4 heteroatoms. The lowest BCUT2D eigenvalue weighted by Crippen LogP contribution is -3.07. The Kier molecular flexibility index (Phi) is 6.23. The molecule has 3 aromatic rings. The van der Waals surface area contributed by atoms with E-state index in [4.69, 9.17) is 9.47 Å². The minimum Gasteiger partial charge on any atom is -0.496 e. The molecule has 0 saturated heterocycles. The van der Waals surface area contributed by atoms with Gasteiger partial charge in [0.25, 0.3) is 0 Å². The second kappa shape index (κ2) is 9.77.